The smallest absolute Gasteiger partial charge is 0.141 e. The second kappa shape index (κ2) is 4.08. The van der Waals surface area contributed by atoms with Gasteiger partial charge in [0.1, 0.15) is 11.4 Å². The van der Waals surface area contributed by atoms with Crippen LogP contribution in [0.15, 0.2) is 23.2 Å². The van der Waals surface area contributed by atoms with E-state index in [0.717, 1.165) is 5.56 Å². The zero-order chi connectivity index (χ0) is 9.84. The van der Waals surface area contributed by atoms with E-state index in [4.69, 9.17) is 0 Å². The van der Waals surface area contributed by atoms with Crippen molar-refractivity contribution in [3.63, 3.8) is 0 Å². The molecule has 0 spiro atoms. The maximum Gasteiger partial charge on any atom is 0.141 e. The molecule has 2 heteroatoms. The van der Waals surface area contributed by atoms with E-state index in [1.54, 1.807) is 12.3 Å². The number of rotatable bonds is 2. The number of hydrogen-bond acceptors (Lipinski definition) is 2. The fourth-order valence-electron chi connectivity index (χ4n) is 1.28. The van der Waals surface area contributed by atoms with Gasteiger partial charge in [-0.05, 0) is 24.5 Å². The maximum atomic E-state index is 9.56. The summed E-state index contributed by atoms with van der Waals surface area (Å²) in [5, 5.41) is 9.56. The minimum atomic E-state index is 0.254. The van der Waals surface area contributed by atoms with Crippen molar-refractivity contribution < 1.29 is 5.11 Å². The molecule has 1 aromatic rings. The highest BCUT2D eigenvalue weighted by molar-refractivity contribution is 5.67. The summed E-state index contributed by atoms with van der Waals surface area (Å²) in [6.45, 7) is 6.02. The molecule has 0 saturated carbocycles. The van der Waals surface area contributed by atoms with Gasteiger partial charge in [0.2, 0.25) is 0 Å². The quantitative estimate of drug-likeness (QED) is 0.691. The molecule has 70 valence electrons. The third kappa shape index (κ3) is 2.08. The molecule has 0 aliphatic carbocycles. The average molecular weight is 177 g/mol. The molecule has 0 atom stereocenters. The zero-order valence-corrected chi connectivity index (χ0v) is 8.28. The van der Waals surface area contributed by atoms with Gasteiger partial charge in [-0.25, -0.2) is 0 Å². The van der Waals surface area contributed by atoms with Crippen molar-refractivity contribution >= 4 is 11.9 Å². The summed E-state index contributed by atoms with van der Waals surface area (Å²) in [5.74, 6) is 0.634. The Kier molecular flexibility index (Phi) is 3.07. The summed E-state index contributed by atoms with van der Waals surface area (Å²) < 4.78 is 0. The van der Waals surface area contributed by atoms with E-state index in [2.05, 4.69) is 18.8 Å². The molecule has 1 rings (SSSR count). The van der Waals surface area contributed by atoms with E-state index < -0.39 is 0 Å². The van der Waals surface area contributed by atoms with Crippen LogP contribution < -0.4 is 0 Å². The first-order valence-corrected chi connectivity index (χ1v) is 4.47. The lowest BCUT2D eigenvalue weighted by Crippen LogP contribution is -1.87. The Bertz CT molecular complexity index is 316. The molecule has 0 amide bonds. The number of aromatic hydroxyl groups is 1. The van der Waals surface area contributed by atoms with Gasteiger partial charge in [0.05, 0.1) is 0 Å². The predicted molar refractivity (Wildman–Crippen MR) is 56.0 cm³/mol. The molecule has 0 bridgehead atoms. The first-order valence-electron chi connectivity index (χ1n) is 4.47. The Labute approximate surface area is 78.9 Å². The molecule has 0 heterocycles. The Morgan fingerprint density at radius 3 is 2.62 bits per heavy atom. The molecule has 0 aliphatic rings. The number of hydrogen-bond donors (Lipinski definition) is 1. The lowest BCUT2D eigenvalue weighted by atomic mass is 10.0. The van der Waals surface area contributed by atoms with E-state index in [0.29, 0.717) is 11.6 Å². The summed E-state index contributed by atoms with van der Waals surface area (Å²) in [6, 6.07) is 5.50. The summed E-state index contributed by atoms with van der Waals surface area (Å²) in [4.78, 5) is 4.15. The summed E-state index contributed by atoms with van der Waals surface area (Å²) in [5.41, 5.74) is 1.78. The van der Waals surface area contributed by atoms with E-state index >= 15 is 0 Å². The maximum absolute atomic E-state index is 9.56. The van der Waals surface area contributed by atoms with Crippen LogP contribution in [0.3, 0.4) is 0 Å². The van der Waals surface area contributed by atoms with Crippen LogP contribution in [0.1, 0.15) is 32.3 Å². The second-order valence-corrected chi connectivity index (χ2v) is 3.26. The molecule has 1 N–H and O–H groups in total. The van der Waals surface area contributed by atoms with Gasteiger partial charge in [0.15, 0.2) is 0 Å². The zero-order valence-electron chi connectivity index (χ0n) is 8.28. The Morgan fingerprint density at radius 2 is 2.08 bits per heavy atom. The van der Waals surface area contributed by atoms with Gasteiger partial charge in [0.25, 0.3) is 0 Å². The van der Waals surface area contributed by atoms with Crippen LogP contribution in [0.2, 0.25) is 0 Å². The predicted octanol–water partition coefficient (Wildman–Crippen LogP) is 3.24. The molecule has 0 saturated heterocycles. The first kappa shape index (κ1) is 9.78. The number of phenolic OH excluding ortho intramolecular Hbond substituents is 1. The first-order chi connectivity index (χ1) is 6.16. The Morgan fingerprint density at radius 1 is 1.38 bits per heavy atom. The summed E-state index contributed by atoms with van der Waals surface area (Å²) in [7, 11) is 0. The standard InChI is InChI=1S/C11H15NO/c1-4-12-11-9(8(2)3)6-5-7-10(11)13/h4-8,13H,1-3H3/b12-4-. The Balaban J connectivity index is 3.25. The largest absolute Gasteiger partial charge is 0.506 e. The van der Waals surface area contributed by atoms with Crippen LogP contribution in [-0.4, -0.2) is 11.3 Å². The molecule has 0 aromatic heterocycles. The molecule has 2 nitrogen and oxygen atoms in total. The van der Waals surface area contributed by atoms with Crippen molar-refractivity contribution in [2.45, 2.75) is 26.7 Å². The second-order valence-electron chi connectivity index (χ2n) is 3.26. The summed E-state index contributed by atoms with van der Waals surface area (Å²) in [6.07, 6.45) is 1.70. The van der Waals surface area contributed by atoms with Crippen molar-refractivity contribution in [1.82, 2.24) is 0 Å². The molecular formula is C11H15NO. The monoisotopic (exact) mass is 177 g/mol. The van der Waals surface area contributed by atoms with Crippen molar-refractivity contribution in [2.24, 2.45) is 4.99 Å². The minimum Gasteiger partial charge on any atom is -0.506 e. The van der Waals surface area contributed by atoms with Crippen LogP contribution in [0.4, 0.5) is 5.69 Å². The van der Waals surface area contributed by atoms with Gasteiger partial charge in [0, 0.05) is 6.21 Å². The van der Waals surface area contributed by atoms with Crippen molar-refractivity contribution in [3.8, 4) is 5.75 Å². The third-order valence-corrected chi connectivity index (χ3v) is 1.93. The normalized spacial score (nSPS) is 11.4. The van der Waals surface area contributed by atoms with Gasteiger partial charge in [-0.3, -0.25) is 4.99 Å². The van der Waals surface area contributed by atoms with E-state index in [1.165, 1.54) is 0 Å². The van der Waals surface area contributed by atoms with Crippen LogP contribution in [0, 0.1) is 0 Å². The molecular weight excluding hydrogens is 162 g/mol. The third-order valence-electron chi connectivity index (χ3n) is 1.93. The van der Waals surface area contributed by atoms with Gasteiger partial charge in [-0.1, -0.05) is 26.0 Å². The van der Waals surface area contributed by atoms with E-state index in [-0.39, 0.29) is 5.75 Å². The van der Waals surface area contributed by atoms with Crippen molar-refractivity contribution in [1.29, 1.82) is 0 Å². The fourth-order valence-corrected chi connectivity index (χ4v) is 1.28. The number of nitrogens with zero attached hydrogens (tertiary/aromatic N) is 1. The van der Waals surface area contributed by atoms with Gasteiger partial charge < -0.3 is 5.11 Å². The highest BCUT2D eigenvalue weighted by Gasteiger charge is 2.08. The van der Waals surface area contributed by atoms with Gasteiger partial charge in [-0.15, -0.1) is 0 Å². The molecule has 1 aromatic carbocycles. The minimum absolute atomic E-state index is 0.254. The molecule has 0 fully saturated rings. The van der Waals surface area contributed by atoms with E-state index in [1.807, 2.05) is 19.1 Å². The number of benzene rings is 1. The van der Waals surface area contributed by atoms with Crippen molar-refractivity contribution in [3.05, 3.63) is 23.8 Å². The van der Waals surface area contributed by atoms with Crippen LogP contribution in [0.25, 0.3) is 0 Å². The van der Waals surface area contributed by atoms with Gasteiger partial charge in [-0.2, -0.15) is 0 Å². The Hall–Kier alpha value is -1.31. The lowest BCUT2D eigenvalue weighted by Gasteiger charge is -2.09. The highest BCUT2D eigenvalue weighted by atomic mass is 16.3. The number of phenols is 1. The van der Waals surface area contributed by atoms with Gasteiger partial charge >= 0.3 is 0 Å². The van der Waals surface area contributed by atoms with Crippen LogP contribution >= 0.6 is 0 Å². The van der Waals surface area contributed by atoms with Crippen LogP contribution in [0.5, 0.6) is 5.75 Å². The number of aliphatic imine (C=N–C) groups is 1. The van der Waals surface area contributed by atoms with Crippen molar-refractivity contribution in [2.75, 3.05) is 0 Å². The topological polar surface area (TPSA) is 32.6 Å². The fraction of sp³-hybridized carbons (Fsp3) is 0.364. The van der Waals surface area contributed by atoms with Crippen LogP contribution in [-0.2, 0) is 0 Å². The SMILES string of the molecule is C/C=N\c1c(O)cccc1C(C)C. The highest BCUT2D eigenvalue weighted by Crippen LogP contribution is 2.34. The number of para-hydroxylation sites is 1. The molecule has 0 aliphatic heterocycles. The molecule has 13 heavy (non-hydrogen) atoms. The lowest BCUT2D eigenvalue weighted by molar-refractivity contribution is 0.476. The molecule has 0 radical (unpaired) electrons. The summed E-state index contributed by atoms with van der Waals surface area (Å²) >= 11 is 0. The molecule has 0 unspecified atom stereocenters. The average Bonchev–Trinajstić information content (AvgIpc) is 2.08. The van der Waals surface area contributed by atoms with E-state index in [9.17, 15) is 5.11 Å².